The molecule has 5 rings (SSSR count). The molecule has 0 spiro atoms. The second-order valence-electron chi connectivity index (χ2n) is 7.78. The number of carbonyl (C=O) groups is 3. The van der Waals surface area contributed by atoms with Crippen molar-refractivity contribution in [3.63, 3.8) is 0 Å². The van der Waals surface area contributed by atoms with Crippen molar-refractivity contribution in [1.29, 1.82) is 0 Å². The van der Waals surface area contributed by atoms with Gasteiger partial charge >= 0.3 is 5.97 Å². The van der Waals surface area contributed by atoms with E-state index in [-0.39, 0.29) is 24.1 Å². The van der Waals surface area contributed by atoms with E-state index in [1.165, 1.54) is 22.5 Å². The van der Waals surface area contributed by atoms with Crippen LogP contribution in [0.15, 0.2) is 88.9 Å². The van der Waals surface area contributed by atoms with E-state index in [1.807, 2.05) is 35.7 Å². The molecule has 4 aromatic rings. The van der Waals surface area contributed by atoms with Crippen molar-refractivity contribution in [3.05, 3.63) is 106 Å². The molecular weight excluding hydrogens is 452 g/mol. The molecule has 7 nitrogen and oxygen atoms in total. The van der Waals surface area contributed by atoms with Crippen molar-refractivity contribution in [2.75, 3.05) is 5.32 Å². The molecule has 3 heterocycles. The molecule has 8 heteroatoms. The first kappa shape index (κ1) is 21.7. The van der Waals surface area contributed by atoms with Gasteiger partial charge in [-0.2, -0.15) is 0 Å². The number of nitrogens with zero attached hydrogens (tertiary/aromatic N) is 1. The summed E-state index contributed by atoms with van der Waals surface area (Å²) in [5.41, 5.74) is 2.57. The minimum atomic E-state index is -0.800. The van der Waals surface area contributed by atoms with Gasteiger partial charge in [0.1, 0.15) is 11.8 Å². The van der Waals surface area contributed by atoms with Crippen LogP contribution in [0.2, 0.25) is 0 Å². The van der Waals surface area contributed by atoms with Crippen LogP contribution in [0.3, 0.4) is 0 Å². The molecule has 1 aliphatic heterocycles. The third-order valence-electron chi connectivity index (χ3n) is 5.59. The number of benzene rings is 2. The zero-order valence-corrected chi connectivity index (χ0v) is 18.8. The van der Waals surface area contributed by atoms with Crippen LogP contribution in [0.4, 0.5) is 5.69 Å². The molecule has 0 fully saturated rings. The predicted octanol–water partition coefficient (Wildman–Crippen LogP) is 4.77. The number of anilines is 1. The third-order valence-corrected chi connectivity index (χ3v) is 6.46. The number of amides is 2. The molecule has 1 unspecified atom stereocenters. The maximum atomic E-state index is 13.2. The Bertz CT molecular complexity index is 1310. The predicted molar refractivity (Wildman–Crippen MR) is 127 cm³/mol. The summed E-state index contributed by atoms with van der Waals surface area (Å²) in [6, 6.07) is 20.2. The van der Waals surface area contributed by atoms with Gasteiger partial charge in [-0.3, -0.25) is 9.59 Å². The van der Waals surface area contributed by atoms with E-state index >= 15 is 0 Å². The van der Waals surface area contributed by atoms with Gasteiger partial charge in [-0.25, -0.2) is 4.79 Å². The molecule has 0 aliphatic carbocycles. The zero-order chi connectivity index (χ0) is 23.5. The van der Waals surface area contributed by atoms with Crippen molar-refractivity contribution < 1.29 is 23.5 Å². The van der Waals surface area contributed by atoms with Crippen molar-refractivity contribution in [2.45, 2.75) is 19.0 Å². The Kier molecular flexibility index (Phi) is 5.97. The fraction of sp³-hybridized carbons (Fsp3) is 0.115. The highest BCUT2D eigenvalue weighted by Crippen LogP contribution is 2.27. The summed E-state index contributed by atoms with van der Waals surface area (Å²) < 4.78 is 10.9. The lowest BCUT2D eigenvalue weighted by molar-refractivity contribution is -0.140. The molecule has 0 saturated carbocycles. The number of fused-ring (bicyclic) bond motifs is 1. The lowest BCUT2D eigenvalue weighted by atomic mass is 9.93. The Morgan fingerprint density at radius 1 is 0.941 bits per heavy atom. The second kappa shape index (κ2) is 9.36. The number of nitrogens with one attached hydrogen (secondary N) is 1. The number of esters is 1. The van der Waals surface area contributed by atoms with Gasteiger partial charge in [-0.05, 0) is 59.0 Å². The summed E-state index contributed by atoms with van der Waals surface area (Å²) in [5.74, 6) is -0.614. The quantitative estimate of drug-likeness (QED) is 0.334. The fourth-order valence-corrected chi connectivity index (χ4v) is 4.50. The van der Waals surface area contributed by atoms with Crippen LogP contribution in [0, 0.1) is 0 Å². The highest BCUT2D eigenvalue weighted by Gasteiger charge is 2.37. The highest BCUT2D eigenvalue weighted by molar-refractivity contribution is 7.12. The van der Waals surface area contributed by atoms with E-state index in [0.29, 0.717) is 22.7 Å². The first-order valence-corrected chi connectivity index (χ1v) is 11.5. The van der Waals surface area contributed by atoms with Crippen LogP contribution in [-0.4, -0.2) is 28.7 Å². The number of ether oxygens (including phenoxy) is 1. The maximum absolute atomic E-state index is 13.2. The van der Waals surface area contributed by atoms with E-state index in [1.54, 1.807) is 42.5 Å². The SMILES string of the molecule is O=C(Nc1ccc(OC(=O)C2Cc3ccccc3CN2C(=O)c2ccco2)cc1)c1cccs1. The smallest absolute Gasteiger partial charge is 0.334 e. The lowest BCUT2D eigenvalue weighted by Crippen LogP contribution is -2.50. The van der Waals surface area contributed by atoms with Crippen LogP contribution >= 0.6 is 11.3 Å². The number of hydrogen-bond donors (Lipinski definition) is 1. The average molecular weight is 473 g/mol. The van der Waals surface area contributed by atoms with Gasteiger partial charge in [0.05, 0.1) is 11.1 Å². The molecule has 2 aromatic heterocycles. The van der Waals surface area contributed by atoms with Crippen LogP contribution in [0.5, 0.6) is 5.75 Å². The highest BCUT2D eigenvalue weighted by atomic mass is 32.1. The van der Waals surface area contributed by atoms with Gasteiger partial charge < -0.3 is 19.4 Å². The molecule has 34 heavy (non-hydrogen) atoms. The van der Waals surface area contributed by atoms with Crippen molar-refractivity contribution in [3.8, 4) is 5.75 Å². The molecule has 170 valence electrons. The van der Waals surface area contributed by atoms with Crippen molar-refractivity contribution in [1.82, 2.24) is 4.90 Å². The number of rotatable bonds is 5. The summed E-state index contributed by atoms with van der Waals surface area (Å²) in [4.78, 5) is 40.5. The average Bonchev–Trinajstić information content (AvgIpc) is 3.59. The Morgan fingerprint density at radius 3 is 2.44 bits per heavy atom. The first-order chi connectivity index (χ1) is 16.6. The van der Waals surface area contributed by atoms with Gasteiger partial charge in [0.15, 0.2) is 5.76 Å². The normalized spacial score (nSPS) is 14.8. The van der Waals surface area contributed by atoms with Gasteiger partial charge in [0.25, 0.3) is 11.8 Å². The second-order valence-corrected chi connectivity index (χ2v) is 8.72. The number of hydrogen-bond acceptors (Lipinski definition) is 6. The van der Waals surface area contributed by atoms with E-state index in [2.05, 4.69) is 5.32 Å². The maximum Gasteiger partial charge on any atom is 0.334 e. The summed E-state index contributed by atoms with van der Waals surface area (Å²) in [7, 11) is 0. The fourth-order valence-electron chi connectivity index (χ4n) is 3.88. The van der Waals surface area contributed by atoms with Gasteiger partial charge in [-0.1, -0.05) is 30.3 Å². The van der Waals surface area contributed by atoms with E-state index in [0.717, 1.165) is 11.1 Å². The van der Waals surface area contributed by atoms with Crippen LogP contribution in [0.1, 0.15) is 31.4 Å². The molecule has 1 N–H and O–H groups in total. The molecular formula is C26H20N2O5S. The summed E-state index contributed by atoms with van der Waals surface area (Å²) in [6.07, 6.45) is 1.77. The summed E-state index contributed by atoms with van der Waals surface area (Å²) >= 11 is 1.35. The third kappa shape index (κ3) is 4.49. The van der Waals surface area contributed by atoms with Crippen LogP contribution < -0.4 is 10.1 Å². The Labute approximate surface area is 199 Å². The van der Waals surface area contributed by atoms with Gasteiger partial charge in [-0.15, -0.1) is 11.3 Å². The lowest BCUT2D eigenvalue weighted by Gasteiger charge is -2.34. The molecule has 1 aliphatic rings. The molecule has 2 aromatic carbocycles. The van der Waals surface area contributed by atoms with Gasteiger partial charge in [0.2, 0.25) is 0 Å². The first-order valence-electron chi connectivity index (χ1n) is 10.7. The van der Waals surface area contributed by atoms with E-state index in [4.69, 9.17) is 9.15 Å². The van der Waals surface area contributed by atoms with E-state index in [9.17, 15) is 14.4 Å². The van der Waals surface area contributed by atoms with Crippen LogP contribution in [-0.2, 0) is 17.8 Å². The van der Waals surface area contributed by atoms with E-state index < -0.39 is 12.0 Å². The summed E-state index contributed by atoms with van der Waals surface area (Å²) in [6.45, 7) is 0.281. The molecule has 0 radical (unpaired) electrons. The largest absolute Gasteiger partial charge is 0.459 e. The standard InChI is InChI=1S/C26H20N2O5S/c29-24(23-8-4-14-34-23)27-19-9-11-20(12-10-19)33-26(31)21-15-17-5-1-2-6-18(17)16-28(21)25(30)22-7-3-13-32-22/h1-14,21H,15-16H2,(H,27,29). The Hall–Kier alpha value is -4.17. The number of furan rings is 1. The Balaban J connectivity index is 1.32. The summed E-state index contributed by atoms with van der Waals surface area (Å²) in [5, 5.41) is 4.64. The minimum Gasteiger partial charge on any atom is -0.459 e. The minimum absolute atomic E-state index is 0.169. The number of carbonyl (C=O) groups excluding carboxylic acids is 3. The topological polar surface area (TPSA) is 88.9 Å². The van der Waals surface area contributed by atoms with Crippen molar-refractivity contribution >= 4 is 34.8 Å². The Morgan fingerprint density at radius 2 is 1.74 bits per heavy atom. The van der Waals surface area contributed by atoms with Crippen molar-refractivity contribution in [2.24, 2.45) is 0 Å². The molecule has 0 bridgehead atoms. The van der Waals surface area contributed by atoms with Gasteiger partial charge in [0, 0.05) is 18.7 Å². The zero-order valence-electron chi connectivity index (χ0n) is 18.0. The molecule has 0 saturated heterocycles. The molecule has 2 amide bonds. The molecule has 1 atom stereocenters. The monoisotopic (exact) mass is 472 g/mol. The van der Waals surface area contributed by atoms with Crippen LogP contribution in [0.25, 0.3) is 0 Å². The number of thiophene rings is 1.